The van der Waals surface area contributed by atoms with Gasteiger partial charge in [0.05, 0.1) is 11.8 Å². The summed E-state index contributed by atoms with van der Waals surface area (Å²) in [5.74, 6) is 11.8. The third kappa shape index (κ3) is 3.49. The molecule has 1 aromatic rings. The number of rotatable bonds is 0. The van der Waals surface area contributed by atoms with Gasteiger partial charge >= 0.3 is 0 Å². The van der Waals surface area contributed by atoms with E-state index in [-0.39, 0.29) is 0 Å². The zero-order chi connectivity index (χ0) is 9.68. The van der Waals surface area contributed by atoms with Crippen LogP contribution in [0.3, 0.4) is 0 Å². The maximum Gasteiger partial charge on any atom is 0.0646 e. The summed E-state index contributed by atoms with van der Waals surface area (Å²) in [6.07, 6.45) is 3.59. The quantitative estimate of drug-likeness (QED) is 0.541. The molecule has 0 bridgehead atoms. The summed E-state index contributed by atoms with van der Waals surface area (Å²) in [5, 5.41) is 4.00. The predicted molar refractivity (Wildman–Crippen MR) is 52.7 cm³/mol. The zero-order valence-corrected chi connectivity index (χ0v) is 8.13. The first-order valence-electron chi connectivity index (χ1n) is 4.18. The third-order valence-electron chi connectivity index (χ3n) is 1.34. The summed E-state index contributed by atoms with van der Waals surface area (Å²) in [7, 11) is 1.87. The van der Waals surface area contributed by atoms with Crippen molar-refractivity contribution in [2.75, 3.05) is 0 Å². The lowest BCUT2D eigenvalue weighted by Gasteiger charge is -1.82. The van der Waals surface area contributed by atoms with Crippen LogP contribution < -0.4 is 0 Å². The first-order chi connectivity index (χ1) is 6.18. The van der Waals surface area contributed by atoms with Crippen molar-refractivity contribution in [3.05, 3.63) is 18.0 Å². The fourth-order valence-electron chi connectivity index (χ4n) is 0.770. The van der Waals surface area contributed by atoms with Crippen LogP contribution in [0.15, 0.2) is 12.4 Å². The molecule has 0 aliphatic heterocycles. The van der Waals surface area contributed by atoms with E-state index < -0.39 is 0 Å². The molecule has 1 aromatic heterocycles. The molecule has 1 heterocycles. The Morgan fingerprint density at radius 2 is 2.15 bits per heavy atom. The van der Waals surface area contributed by atoms with E-state index in [1.165, 1.54) is 0 Å². The van der Waals surface area contributed by atoms with Crippen molar-refractivity contribution in [1.29, 1.82) is 0 Å². The van der Waals surface area contributed by atoms with Crippen LogP contribution in [0.5, 0.6) is 0 Å². The van der Waals surface area contributed by atoms with Crippen LogP contribution in [0, 0.1) is 29.6 Å². The van der Waals surface area contributed by atoms with Crippen LogP contribution in [-0.4, -0.2) is 9.78 Å². The smallest absolute Gasteiger partial charge is 0.0646 e. The van der Waals surface area contributed by atoms with Crippen LogP contribution in [0.4, 0.5) is 0 Å². The Morgan fingerprint density at radius 3 is 2.69 bits per heavy atom. The monoisotopic (exact) mass is 172 g/mol. The van der Waals surface area contributed by atoms with Crippen molar-refractivity contribution in [1.82, 2.24) is 9.78 Å². The molecule has 0 aromatic carbocycles. The minimum atomic E-state index is 0.378. The zero-order valence-electron chi connectivity index (χ0n) is 8.13. The maximum absolute atomic E-state index is 4.00. The SMILES string of the molecule is CC(C)C#CC#Cc1cnn(C)c1. The molecule has 2 heteroatoms. The van der Waals surface area contributed by atoms with Crippen molar-refractivity contribution in [3.8, 4) is 23.7 Å². The van der Waals surface area contributed by atoms with Gasteiger partial charge in [-0.1, -0.05) is 19.8 Å². The molecule has 0 saturated heterocycles. The van der Waals surface area contributed by atoms with E-state index in [4.69, 9.17) is 0 Å². The molecular weight excluding hydrogens is 160 g/mol. The molecule has 0 aliphatic rings. The molecule has 2 nitrogen and oxygen atoms in total. The Morgan fingerprint density at radius 1 is 1.38 bits per heavy atom. The average molecular weight is 172 g/mol. The molecule has 0 unspecified atom stereocenters. The Hall–Kier alpha value is -1.67. The van der Waals surface area contributed by atoms with Gasteiger partial charge in [-0.3, -0.25) is 4.68 Å². The molecule has 0 radical (unpaired) electrons. The Balaban J connectivity index is 2.65. The minimum absolute atomic E-state index is 0.378. The van der Waals surface area contributed by atoms with Gasteiger partial charge in [0.25, 0.3) is 0 Å². The maximum atomic E-state index is 4.00. The normalized spacial score (nSPS) is 8.62. The molecular formula is C11H12N2. The molecule has 1 rings (SSSR count). The summed E-state index contributed by atoms with van der Waals surface area (Å²) < 4.78 is 1.72. The van der Waals surface area contributed by atoms with Crippen LogP contribution >= 0.6 is 0 Å². The van der Waals surface area contributed by atoms with Gasteiger partial charge in [0.1, 0.15) is 0 Å². The van der Waals surface area contributed by atoms with Crippen molar-refractivity contribution in [3.63, 3.8) is 0 Å². The molecule has 0 amide bonds. The molecule has 66 valence electrons. The highest BCUT2D eigenvalue weighted by Gasteiger charge is 1.87. The first-order valence-corrected chi connectivity index (χ1v) is 4.18. The highest BCUT2D eigenvalue weighted by atomic mass is 15.2. The van der Waals surface area contributed by atoms with Crippen LogP contribution in [0.2, 0.25) is 0 Å². The van der Waals surface area contributed by atoms with E-state index in [0.29, 0.717) is 5.92 Å². The number of hydrogen-bond acceptors (Lipinski definition) is 1. The molecule has 0 fully saturated rings. The molecule has 0 atom stereocenters. The van der Waals surface area contributed by atoms with Crippen LogP contribution in [0.25, 0.3) is 0 Å². The number of aromatic nitrogens is 2. The largest absolute Gasteiger partial charge is 0.275 e. The summed E-state index contributed by atoms with van der Waals surface area (Å²) in [5.41, 5.74) is 0.903. The highest BCUT2D eigenvalue weighted by Crippen LogP contribution is 1.91. The fourth-order valence-corrected chi connectivity index (χ4v) is 0.770. The lowest BCUT2D eigenvalue weighted by atomic mass is 10.2. The van der Waals surface area contributed by atoms with Crippen molar-refractivity contribution < 1.29 is 0 Å². The van der Waals surface area contributed by atoms with Crippen molar-refractivity contribution in [2.24, 2.45) is 13.0 Å². The van der Waals surface area contributed by atoms with Gasteiger partial charge in [-0.05, 0) is 17.8 Å². The van der Waals surface area contributed by atoms with Crippen LogP contribution in [-0.2, 0) is 7.05 Å². The molecule has 0 aliphatic carbocycles. The minimum Gasteiger partial charge on any atom is -0.275 e. The number of nitrogens with zero attached hydrogens (tertiary/aromatic N) is 2. The van der Waals surface area contributed by atoms with Crippen molar-refractivity contribution >= 4 is 0 Å². The van der Waals surface area contributed by atoms with Crippen LogP contribution in [0.1, 0.15) is 19.4 Å². The second kappa shape index (κ2) is 4.38. The van der Waals surface area contributed by atoms with Gasteiger partial charge in [-0.15, -0.1) is 0 Å². The topological polar surface area (TPSA) is 17.8 Å². The van der Waals surface area contributed by atoms with Gasteiger partial charge in [0.2, 0.25) is 0 Å². The number of hydrogen-bond donors (Lipinski definition) is 0. The predicted octanol–water partition coefficient (Wildman–Crippen LogP) is 1.43. The van der Waals surface area contributed by atoms with Gasteiger partial charge in [-0.2, -0.15) is 5.10 Å². The van der Waals surface area contributed by atoms with E-state index in [9.17, 15) is 0 Å². The lowest BCUT2D eigenvalue weighted by Crippen LogP contribution is -1.83. The van der Waals surface area contributed by atoms with Gasteiger partial charge < -0.3 is 0 Å². The van der Waals surface area contributed by atoms with Gasteiger partial charge in [-0.25, -0.2) is 0 Å². The number of aryl methyl sites for hydroxylation is 1. The second-order valence-electron chi connectivity index (χ2n) is 3.08. The van der Waals surface area contributed by atoms with Crippen molar-refractivity contribution in [2.45, 2.75) is 13.8 Å². The molecule has 0 saturated carbocycles. The average Bonchev–Trinajstić information content (AvgIpc) is 2.45. The van der Waals surface area contributed by atoms with Gasteiger partial charge in [0.15, 0.2) is 0 Å². The van der Waals surface area contributed by atoms with E-state index >= 15 is 0 Å². The Kier molecular flexibility index (Phi) is 3.17. The Bertz CT molecular complexity index is 391. The fraction of sp³-hybridized carbons (Fsp3) is 0.364. The lowest BCUT2D eigenvalue weighted by molar-refractivity contribution is 0.767. The summed E-state index contributed by atoms with van der Waals surface area (Å²) in [4.78, 5) is 0. The Labute approximate surface area is 79.0 Å². The first kappa shape index (κ1) is 9.42. The van der Waals surface area contributed by atoms with E-state index in [1.807, 2.05) is 27.1 Å². The molecule has 0 spiro atoms. The van der Waals surface area contributed by atoms with E-state index in [0.717, 1.165) is 5.56 Å². The second-order valence-corrected chi connectivity index (χ2v) is 3.08. The standard InChI is InChI=1S/C11H12N2/c1-10(2)6-4-5-7-11-8-12-13(3)9-11/h8-10H,1-3H3. The van der Waals surface area contributed by atoms with E-state index in [1.54, 1.807) is 10.9 Å². The highest BCUT2D eigenvalue weighted by molar-refractivity contribution is 5.37. The third-order valence-corrected chi connectivity index (χ3v) is 1.34. The summed E-state index contributed by atoms with van der Waals surface area (Å²) in [6.45, 7) is 4.08. The van der Waals surface area contributed by atoms with E-state index in [2.05, 4.69) is 28.8 Å². The summed E-state index contributed by atoms with van der Waals surface area (Å²) >= 11 is 0. The summed E-state index contributed by atoms with van der Waals surface area (Å²) in [6, 6.07) is 0. The molecule has 0 N–H and O–H groups in total. The van der Waals surface area contributed by atoms with Gasteiger partial charge in [0, 0.05) is 19.2 Å². The molecule has 13 heavy (non-hydrogen) atoms.